The van der Waals surface area contributed by atoms with Gasteiger partial charge in [0.15, 0.2) is 0 Å². The van der Waals surface area contributed by atoms with E-state index in [0.29, 0.717) is 12.1 Å². The molecule has 4 heteroatoms. The second kappa shape index (κ2) is 7.96. The van der Waals surface area contributed by atoms with E-state index in [0.717, 1.165) is 30.5 Å². The van der Waals surface area contributed by atoms with Gasteiger partial charge in [-0.05, 0) is 56.7 Å². The fraction of sp³-hybridized carbons (Fsp3) is 0.688. The summed E-state index contributed by atoms with van der Waals surface area (Å²) < 4.78 is 5.64. The maximum atomic E-state index is 6.21. The van der Waals surface area contributed by atoms with Gasteiger partial charge in [-0.2, -0.15) is 0 Å². The highest BCUT2D eigenvalue weighted by molar-refractivity contribution is 6.31. The lowest BCUT2D eigenvalue weighted by atomic mass is 9.77. The van der Waals surface area contributed by atoms with Gasteiger partial charge in [0.05, 0.1) is 11.1 Å². The van der Waals surface area contributed by atoms with E-state index in [1.807, 2.05) is 12.3 Å². The van der Waals surface area contributed by atoms with Crippen LogP contribution in [-0.2, 0) is 11.2 Å². The normalized spacial score (nSPS) is 23.4. The Morgan fingerprint density at radius 1 is 1.45 bits per heavy atom. The molecule has 0 saturated heterocycles. The molecule has 1 atom stereocenters. The summed E-state index contributed by atoms with van der Waals surface area (Å²) >= 11 is 6.21. The molecular weight excluding hydrogens is 272 g/mol. The molecule has 0 aromatic carbocycles. The topological polar surface area (TPSA) is 34.2 Å². The number of nitrogens with zero attached hydrogens (tertiary/aromatic N) is 1. The van der Waals surface area contributed by atoms with Gasteiger partial charge in [0, 0.05) is 25.0 Å². The Balaban J connectivity index is 1.84. The Hall–Kier alpha value is -0.640. The van der Waals surface area contributed by atoms with Crippen LogP contribution in [-0.4, -0.2) is 30.3 Å². The van der Waals surface area contributed by atoms with Gasteiger partial charge in [0.25, 0.3) is 0 Å². The van der Waals surface area contributed by atoms with Gasteiger partial charge in [-0.15, -0.1) is 0 Å². The van der Waals surface area contributed by atoms with Crippen molar-refractivity contribution in [2.24, 2.45) is 5.92 Å². The zero-order chi connectivity index (χ0) is 14.4. The van der Waals surface area contributed by atoms with Crippen molar-refractivity contribution in [3.05, 3.63) is 29.0 Å². The molecule has 1 saturated carbocycles. The standard InChI is InChI=1S/C16H25ClN2O/c1-3-19-14(7-12-8-15(9-12)20-4-2)10-13-5-6-18-11-16(13)17/h5-6,11-12,14-15,19H,3-4,7-10H2,1-2H3. The van der Waals surface area contributed by atoms with E-state index in [4.69, 9.17) is 16.3 Å². The van der Waals surface area contributed by atoms with Gasteiger partial charge in [-0.3, -0.25) is 4.98 Å². The van der Waals surface area contributed by atoms with Gasteiger partial charge in [0.2, 0.25) is 0 Å². The number of ether oxygens (including phenoxy) is 1. The molecule has 2 rings (SSSR count). The summed E-state index contributed by atoms with van der Waals surface area (Å²) in [7, 11) is 0. The van der Waals surface area contributed by atoms with Gasteiger partial charge in [-0.1, -0.05) is 18.5 Å². The summed E-state index contributed by atoms with van der Waals surface area (Å²) in [6, 6.07) is 2.52. The Labute approximate surface area is 127 Å². The van der Waals surface area contributed by atoms with Crippen molar-refractivity contribution in [1.29, 1.82) is 0 Å². The second-order valence-electron chi connectivity index (χ2n) is 5.58. The highest BCUT2D eigenvalue weighted by atomic mass is 35.5. The van der Waals surface area contributed by atoms with E-state index < -0.39 is 0 Å². The Kier molecular flexibility index (Phi) is 6.27. The molecule has 0 aliphatic heterocycles. The van der Waals surface area contributed by atoms with E-state index in [1.165, 1.54) is 24.8 Å². The first-order chi connectivity index (χ1) is 9.72. The van der Waals surface area contributed by atoms with Gasteiger partial charge in [-0.25, -0.2) is 0 Å². The van der Waals surface area contributed by atoms with Gasteiger partial charge >= 0.3 is 0 Å². The number of rotatable bonds is 8. The van der Waals surface area contributed by atoms with Crippen molar-refractivity contribution in [3.63, 3.8) is 0 Å². The monoisotopic (exact) mass is 296 g/mol. The van der Waals surface area contributed by atoms with Crippen LogP contribution in [0.3, 0.4) is 0 Å². The molecule has 0 spiro atoms. The molecule has 1 heterocycles. The number of halogens is 1. The van der Waals surface area contributed by atoms with Crippen LogP contribution < -0.4 is 5.32 Å². The summed E-state index contributed by atoms with van der Waals surface area (Å²) in [6.45, 7) is 6.06. The van der Waals surface area contributed by atoms with Crippen molar-refractivity contribution in [1.82, 2.24) is 10.3 Å². The summed E-state index contributed by atoms with van der Waals surface area (Å²) in [5.41, 5.74) is 1.19. The zero-order valence-electron chi connectivity index (χ0n) is 12.4. The van der Waals surface area contributed by atoms with Gasteiger partial charge < -0.3 is 10.1 Å². The van der Waals surface area contributed by atoms with Crippen molar-refractivity contribution in [3.8, 4) is 0 Å². The second-order valence-corrected chi connectivity index (χ2v) is 5.98. The summed E-state index contributed by atoms with van der Waals surface area (Å²) in [5, 5.41) is 4.36. The third kappa shape index (κ3) is 4.44. The molecular formula is C16H25ClN2O. The molecule has 1 aromatic rings. The van der Waals surface area contributed by atoms with E-state index in [2.05, 4.69) is 24.1 Å². The lowest BCUT2D eigenvalue weighted by Crippen LogP contribution is -2.39. The Bertz CT molecular complexity index is 407. The lowest BCUT2D eigenvalue weighted by molar-refractivity contribution is -0.0289. The van der Waals surface area contributed by atoms with Crippen LogP contribution >= 0.6 is 11.6 Å². The van der Waals surface area contributed by atoms with Crippen LogP contribution in [0.25, 0.3) is 0 Å². The highest BCUT2D eigenvalue weighted by Crippen LogP contribution is 2.34. The maximum Gasteiger partial charge on any atom is 0.0621 e. The first kappa shape index (κ1) is 15.7. The lowest BCUT2D eigenvalue weighted by Gasteiger charge is -2.37. The first-order valence-corrected chi connectivity index (χ1v) is 8.04. The molecule has 1 fully saturated rings. The van der Waals surface area contributed by atoms with E-state index >= 15 is 0 Å². The molecule has 20 heavy (non-hydrogen) atoms. The molecule has 0 radical (unpaired) electrons. The highest BCUT2D eigenvalue weighted by Gasteiger charge is 2.31. The number of hydrogen-bond donors (Lipinski definition) is 1. The van der Waals surface area contributed by atoms with Crippen molar-refractivity contribution >= 4 is 11.6 Å². The molecule has 0 amide bonds. The number of hydrogen-bond acceptors (Lipinski definition) is 3. The van der Waals surface area contributed by atoms with Crippen LogP contribution in [0.15, 0.2) is 18.5 Å². The number of likely N-dealkylation sites (N-methyl/N-ethyl adjacent to an activating group) is 1. The van der Waals surface area contributed by atoms with Crippen molar-refractivity contribution in [2.45, 2.75) is 51.7 Å². The van der Waals surface area contributed by atoms with Crippen molar-refractivity contribution in [2.75, 3.05) is 13.2 Å². The molecule has 3 nitrogen and oxygen atoms in total. The Morgan fingerprint density at radius 2 is 2.25 bits per heavy atom. The maximum absolute atomic E-state index is 6.21. The number of pyridine rings is 1. The third-order valence-electron chi connectivity index (χ3n) is 4.03. The van der Waals surface area contributed by atoms with E-state index in [9.17, 15) is 0 Å². The van der Waals surface area contributed by atoms with Gasteiger partial charge in [0.1, 0.15) is 0 Å². The minimum atomic E-state index is 0.493. The molecule has 112 valence electrons. The smallest absolute Gasteiger partial charge is 0.0621 e. The number of aromatic nitrogens is 1. The van der Waals surface area contributed by atoms with Crippen LogP contribution in [0.1, 0.15) is 38.7 Å². The molecule has 1 aromatic heterocycles. The third-order valence-corrected chi connectivity index (χ3v) is 4.37. The summed E-state index contributed by atoms with van der Waals surface area (Å²) in [6.07, 6.45) is 8.64. The average molecular weight is 297 g/mol. The van der Waals surface area contributed by atoms with E-state index in [1.54, 1.807) is 6.20 Å². The predicted octanol–water partition coefficient (Wildman–Crippen LogP) is 3.46. The summed E-state index contributed by atoms with van der Waals surface area (Å²) in [4.78, 5) is 4.05. The largest absolute Gasteiger partial charge is 0.378 e. The number of nitrogens with one attached hydrogen (secondary N) is 1. The zero-order valence-corrected chi connectivity index (χ0v) is 13.2. The molecule has 1 aliphatic rings. The van der Waals surface area contributed by atoms with Crippen LogP contribution in [0.5, 0.6) is 0 Å². The molecule has 0 bridgehead atoms. The molecule has 1 unspecified atom stereocenters. The van der Waals surface area contributed by atoms with Crippen LogP contribution in [0.4, 0.5) is 0 Å². The predicted molar refractivity (Wildman–Crippen MR) is 83.2 cm³/mol. The van der Waals surface area contributed by atoms with Crippen molar-refractivity contribution < 1.29 is 4.74 Å². The molecule has 1 aliphatic carbocycles. The van der Waals surface area contributed by atoms with Crippen LogP contribution in [0, 0.1) is 5.92 Å². The van der Waals surface area contributed by atoms with Crippen LogP contribution in [0.2, 0.25) is 5.02 Å². The first-order valence-electron chi connectivity index (χ1n) is 7.66. The fourth-order valence-corrected chi connectivity index (χ4v) is 3.20. The SMILES string of the molecule is CCNC(Cc1ccncc1Cl)CC1CC(OCC)C1. The van der Waals surface area contributed by atoms with E-state index in [-0.39, 0.29) is 0 Å². The minimum absolute atomic E-state index is 0.493. The quantitative estimate of drug-likeness (QED) is 0.798. The fourth-order valence-electron chi connectivity index (χ4n) is 3.00. The summed E-state index contributed by atoms with van der Waals surface area (Å²) in [5.74, 6) is 0.788. The molecule has 1 N–H and O–H groups in total. The average Bonchev–Trinajstić information content (AvgIpc) is 2.39. The minimum Gasteiger partial charge on any atom is -0.378 e. The Morgan fingerprint density at radius 3 is 2.90 bits per heavy atom.